The Morgan fingerprint density at radius 1 is 1.29 bits per heavy atom. The highest BCUT2D eigenvalue weighted by Crippen LogP contribution is 2.27. The van der Waals surface area contributed by atoms with E-state index in [1.807, 2.05) is 0 Å². The minimum absolute atomic E-state index is 0.0507. The second kappa shape index (κ2) is 6.38. The predicted octanol–water partition coefficient (Wildman–Crippen LogP) is 1.87. The molecule has 0 fully saturated rings. The molecule has 5 nitrogen and oxygen atoms in total. The summed E-state index contributed by atoms with van der Waals surface area (Å²) in [6, 6.07) is 5.38. The maximum atomic E-state index is 12.7. The molecule has 0 unspecified atom stereocenters. The van der Waals surface area contributed by atoms with Crippen molar-refractivity contribution >= 4 is 21.4 Å². The van der Waals surface area contributed by atoms with Crippen LogP contribution in [0.1, 0.15) is 13.8 Å². The molecule has 2 N–H and O–H groups in total. The number of halogens is 2. The van der Waals surface area contributed by atoms with E-state index in [1.165, 1.54) is 25.2 Å². The summed E-state index contributed by atoms with van der Waals surface area (Å²) in [4.78, 5) is 11.2. The normalized spacial score (nSPS) is 12.3. The fourth-order valence-electron chi connectivity index (χ4n) is 1.69. The van der Waals surface area contributed by atoms with Gasteiger partial charge >= 0.3 is 5.76 Å². The summed E-state index contributed by atoms with van der Waals surface area (Å²) in [6.45, 7) is 3.41. The van der Waals surface area contributed by atoms with Crippen LogP contribution in [0.2, 0.25) is 0 Å². The van der Waals surface area contributed by atoms with Crippen molar-refractivity contribution in [3.8, 4) is 0 Å². The van der Waals surface area contributed by atoms with Gasteiger partial charge in [0.25, 0.3) is 0 Å². The van der Waals surface area contributed by atoms with Gasteiger partial charge in [0.2, 0.25) is 15.7 Å². The lowest BCUT2D eigenvalue weighted by Gasteiger charge is -2.24. The molecule has 0 saturated heterocycles. The summed E-state index contributed by atoms with van der Waals surface area (Å²) in [7, 11) is -3.21. The largest absolute Gasteiger partial charge is 0.383 e. The van der Waals surface area contributed by atoms with Gasteiger partial charge in [0.15, 0.2) is 0 Å². The number of hydrogen-bond acceptors (Lipinski definition) is 4. The zero-order valence-corrected chi connectivity index (χ0v) is 12.8. The number of hydrogen-bond donors (Lipinski definition) is 2. The summed E-state index contributed by atoms with van der Waals surface area (Å²) in [5.74, 6) is -3.74. The lowest BCUT2D eigenvalue weighted by molar-refractivity contribution is -0.128. The van der Waals surface area contributed by atoms with Crippen LogP contribution in [-0.4, -0.2) is 33.7 Å². The molecule has 1 rings (SSSR count). The molecule has 0 aliphatic heterocycles. The Labute approximate surface area is 122 Å². The van der Waals surface area contributed by atoms with E-state index in [4.69, 9.17) is 0 Å². The van der Waals surface area contributed by atoms with Crippen LogP contribution in [0, 0.1) is 5.41 Å². The number of nitrogens with one attached hydrogen (secondary N) is 2. The van der Waals surface area contributed by atoms with Gasteiger partial charge in [-0.05, 0) is 26.0 Å². The van der Waals surface area contributed by atoms with E-state index >= 15 is 0 Å². The van der Waals surface area contributed by atoms with Crippen molar-refractivity contribution in [3.63, 3.8) is 0 Å². The van der Waals surface area contributed by atoms with Crippen molar-refractivity contribution in [2.24, 2.45) is 5.41 Å². The van der Waals surface area contributed by atoms with E-state index in [2.05, 4.69) is 10.6 Å². The fourth-order valence-corrected chi connectivity index (χ4v) is 2.60. The van der Waals surface area contributed by atoms with Crippen molar-refractivity contribution in [2.45, 2.75) is 24.5 Å². The molecule has 118 valence electrons. The first-order valence-corrected chi connectivity index (χ1v) is 7.74. The van der Waals surface area contributed by atoms with Crippen LogP contribution in [0.25, 0.3) is 0 Å². The van der Waals surface area contributed by atoms with E-state index in [0.717, 1.165) is 6.07 Å². The molecule has 21 heavy (non-hydrogen) atoms. The summed E-state index contributed by atoms with van der Waals surface area (Å²) in [5.41, 5.74) is -0.772. The van der Waals surface area contributed by atoms with Gasteiger partial charge in [0, 0.05) is 13.6 Å². The van der Waals surface area contributed by atoms with Crippen molar-refractivity contribution < 1.29 is 22.0 Å². The molecule has 0 spiro atoms. The zero-order chi connectivity index (χ0) is 16.3. The van der Waals surface area contributed by atoms with E-state index in [9.17, 15) is 22.0 Å². The second-order valence-corrected chi connectivity index (χ2v) is 7.00. The molecule has 1 aromatic carbocycles. The zero-order valence-electron chi connectivity index (χ0n) is 12.0. The third-order valence-electron chi connectivity index (χ3n) is 2.99. The molecular weight excluding hydrogens is 302 g/mol. The highest BCUT2D eigenvalue weighted by molar-refractivity contribution is 7.91. The minimum Gasteiger partial charge on any atom is -0.383 e. The van der Waals surface area contributed by atoms with E-state index in [1.54, 1.807) is 13.8 Å². The molecule has 0 saturated carbocycles. The van der Waals surface area contributed by atoms with Gasteiger partial charge in [0.05, 0.1) is 16.0 Å². The topological polar surface area (TPSA) is 75.3 Å². The van der Waals surface area contributed by atoms with Crippen molar-refractivity contribution in [1.29, 1.82) is 0 Å². The molecule has 1 amide bonds. The maximum absolute atomic E-state index is 12.7. The molecule has 1 aromatic rings. The van der Waals surface area contributed by atoms with Crippen LogP contribution in [0.15, 0.2) is 29.2 Å². The Morgan fingerprint density at radius 3 is 2.38 bits per heavy atom. The Morgan fingerprint density at radius 2 is 1.86 bits per heavy atom. The first-order chi connectivity index (χ1) is 9.63. The summed E-state index contributed by atoms with van der Waals surface area (Å²) in [6.07, 6.45) is 0. The van der Waals surface area contributed by atoms with E-state index in [-0.39, 0.29) is 18.1 Å². The number of anilines is 1. The number of alkyl halides is 2. The monoisotopic (exact) mass is 320 g/mol. The number of sulfone groups is 1. The van der Waals surface area contributed by atoms with Crippen molar-refractivity contribution in [2.75, 3.05) is 18.9 Å². The second-order valence-electron chi connectivity index (χ2n) is 5.12. The number of rotatable bonds is 6. The van der Waals surface area contributed by atoms with E-state index in [0.29, 0.717) is 0 Å². The highest BCUT2D eigenvalue weighted by Gasteiger charge is 2.31. The molecular formula is C13H18F2N2O3S. The third kappa shape index (κ3) is 3.90. The predicted molar refractivity (Wildman–Crippen MR) is 76.0 cm³/mol. The average Bonchev–Trinajstić information content (AvgIpc) is 2.44. The van der Waals surface area contributed by atoms with Gasteiger partial charge in [-0.25, -0.2) is 8.42 Å². The van der Waals surface area contributed by atoms with Gasteiger partial charge in [0.1, 0.15) is 0 Å². The summed E-state index contributed by atoms with van der Waals surface area (Å²) < 4.78 is 48.5. The van der Waals surface area contributed by atoms with E-state index < -0.39 is 25.9 Å². The third-order valence-corrected chi connectivity index (χ3v) is 4.43. The molecule has 0 aliphatic carbocycles. The molecule has 0 atom stereocenters. The standard InChI is InChI=1S/C13H18F2N2O3S/c1-13(2,11(18)16-3)8-17-9-6-4-5-7-10(9)21(19,20)12(14)15/h4-7,12,17H,8H2,1-3H3,(H,16,18). The number of benzene rings is 1. The molecule has 0 bridgehead atoms. The lowest BCUT2D eigenvalue weighted by atomic mass is 9.92. The van der Waals surface area contributed by atoms with Crippen LogP contribution in [0.5, 0.6) is 0 Å². The molecule has 0 heterocycles. The van der Waals surface area contributed by atoms with Crippen LogP contribution in [-0.2, 0) is 14.6 Å². The first kappa shape index (κ1) is 17.4. The summed E-state index contributed by atoms with van der Waals surface area (Å²) in [5, 5.41) is 5.24. The molecule has 0 aliphatic rings. The highest BCUT2D eigenvalue weighted by atomic mass is 32.2. The lowest BCUT2D eigenvalue weighted by Crippen LogP contribution is -2.39. The van der Waals surface area contributed by atoms with Gasteiger partial charge in [-0.3, -0.25) is 4.79 Å². The number of carbonyl (C=O) groups excluding carboxylic acids is 1. The van der Waals surface area contributed by atoms with Crippen molar-refractivity contribution in [3.05, 3.63) is 24.3 Å². The molecule has 0 radical (unpaired) electrons. The smallest absolute Gasteiger partial charge is 0.341 e. The average molecular weight is 320 g/mol. The maximum Gasteiger partial charge on any atom is 0.341 e. The number of para-hydroxylation sites is 1. The first-order valence-electron chi connectivity index (χ1n) is 6.20. The van der Waals surface area contributed by atoms with Crippen LogP contribution in [0.4, 0.5) is 14.5 Å². The molecule has 0 aromatic heterocycles. The van der Waals surface area contributed by atoms with Crippen LogP contribution in [0.3, 0.4) is 0 Å². The Kier molecular flexibility index (Phi) is 5.27. The summed E-state index contributed by atoms with van der Waals surface area (Å²) >= 11 is 0. The molecule has 8 heteroatoms. The quantitative estimate of drug-likeness (QED) is 0.839. The van der Waals surface area contributed by atoms with Gasteiger partial charge in [-0.2, -0.15) is 8.78 Å². The number of amides is 1. The fraction of sp³-hybridized carbons (Fsp3) is 0.462. The Hall–Kier alpha value is -1.70. The van der Waals surface area contributed by atoms with Crippen LogP contribution < -0.4 is 10.6 Å². The van der Waals surface area contributed by atoms with Crippen LogP contribution >= 0.6 is 0 Å². The van der Waals surface area contributed by atoms with Gasteiger partial charge in [-0.1, -0.05) is 12.1 Å². The van der Waals surface area contributed by atoms with Gasteiger partial charge in [-0.15, -0.1) is 0 Å². The van der Waals surface area contributed by atoms with Crippen molar-refractivity contribution in [1.82, 2.24) is 5.32 Å². The Balaban J connectivity index is 3.04. The Bertz CT molecular complexity index is 616. The number of carbonyl (C=O) groups is 1. The van der Waals surface area contributed by atoms with Gasteiger partial charge < -0.3 is 10.6 Å². The minimum atomic E-state index is -4.70. The SMILES string of the molecule is CNC(=O)C(C)(C)CNc1ccccc1S(=O)(=O)C(F)F.